The minimum Gasteiger partial charge on any atom is -0.504 e. The lowest BCUT2D eigenvalue weighted by Gasteiger charge is -1.97. The first kappa shape index (κ1) is 7.66. The monoisotopic (exact) mass is 149 g/mol. The van der Waals surface area contributed by atoms with E-state index in [1.807, 2.05) is 0 Å². The summed E-state index contributed by atoms with van der Waals surface area (Å²) >= 11 is 0. The molecule has 2 N–H and O–H groups in total. The third kappa shape index (κ3) is 1.74. The summed E-state index contributed by atoms with van der Waals surface area (Å²) in [4.78, 5) is 0. The second kappa shape index (κ2) is 3.10. The summed E-state index contributed by atoms with van der Waals surface area (Å²) in [5, 5.41) is 17.9. The zero-order valence-electron chi connectivity index (χ0n) is 5.99. The van der Waals surface area contributed by atoms with Gasteiger partial charge in [0.25, 0.3) is 0 Å². The van der Waals surface area contributed by atoms with Crippen LogP contribution in [0.2, 0.25) is 0 Å². The summed E-state index contributed by atoms with van der Waals surface area (Å²) in [6.45, 7) is 3.51. The number of hydrogen-bond donors (Lipinski definition) is 2. The normalized spacial score (nSPS) is 10.6. The van der Waals surface area contributed by atoms with Crippen molar-refractivity contribution < 1.29 is 10.2 Å². The van der Waals surface area contributed by atoms with Gasteiger partial charge in [-0.05, 0) is 24.6 Å². The Hall–Kier alpha value is -1.44. The molecular formula is C9H9O2. The predicted molar refractivity (Wildman–Crippen MR) is 44.2 cm³/mol. The highest BCUT2D eigenvalue weighted by molar-refractivity contribution is 5.55. The molecule has 0 saturated carbocycles. The van der Waals surface area contributed by atoms with E-state index in [4.69, 9.17) is 10.2 Å². The van der Waals surface area contributed by atoms with Gasteiger partial charge in [-0.25, -0.2) is 0 Å². The van der Waals surface area contributed by atoms with Crippen molar-refractivity contribution in [2.24, 2.45) is 0 Å². The van der Waals surface area contributed by atoms with Crippen LogP contribution in [0.4, 0.5) is 0 Å². The van der Waals surface area contributed by atoms with Crippen molar-refractivity contribution in [3.8, 4) is 11.5 Å². The zero-order valence-corrected chi connectivity index (χ0v) is 5.99. The molecule has 0 heterocycles. The smallest absolute Gasteiger partial charge is 0.157 e. The van der Waals surface area contributed by atoms with Gasteiger partial charge in [-0.1, -0.05) is 18.2 Å². The Labute approximate surface area is 65.4 Å². The summed E-state index contributed by atoms with van der Waals surface area (Å²) in [7, 11) is 0. The average molecular weight is 149 g/mol. The van der Waals surface area contributed by atoms with Crippen molar-refractivity contribution in [3.63, 3.8) is 0 Å². The molecule has 1 aromatic rings. The molecule has 2 nitrogen and oxygen atoms in total. The van der Waals surface area contributed by atoms with Crippen LogP contribution in [0, 0.1) is 6.92 Å². The molecular weight excluding hydrogens is 140 g/mol. The van der Waals surface area contributed by atoms with Crippen LogP contribution in [0.5, 0.6) is 11.5 Å². The minimum atomic E-state index is -0.111. The van der Waals surface area contributed by atoms with Gasteiger partial charge in [0.15, 0.2) is 11.5 Å². The fourth-order valence-corrected chi connectivity index (χ4v) is 0.780. The van der Waals surface area contributed by atoms with Crippen LogP contribution in [0.15, 0.2) is 24.3 Å². The molecule has 11 heavy (non-hydrogen) atoms. The first-order valence-electron chi connectivity index (χ1n) is 3.22. The van der Waals surface area contributed by atoms with Crippen molar-refractivity contribution in [1.82, 2.24) is 0 Å². The van der Waals surface area contributed by atoms with E-state index in [-0.39, 0.29) is 11.5 Å². The molecule has 0 spiro atoms. The Morgan fingerprint density at radius 3 is 2.45 bits per heavy atom. The van der Waals surface area contributed by atoms with Crippen LogP contribution in [0.25, 0.3) is 6.08 Å². The second-order valence-electron chi connectivity index (χ2n) is 2.15. The third-order valence-corrected chi connectivity index (χ3v) is 1.31. The van der Waals surface area contributed by atoms with Gasteiger partial charge in [-0.2, -0.15) is 0 Å². The molecule has 57 valence electrons. The summed E-state index contributed by atoms with van der Waals surface area (Å²) in [6.07, 6.45) is 3.35. The number of phenolic OH excluding ortho intramolecular Hbond substituents is 2. The third-order valence-electron chi connectivity index (χ3n) is 1.31. The first-order chi connectivity index (χ1) is 5.24. The van der Waals surface area contributed by atoms with Gasteiger partial charge in [-0.3, -0.25) is 0 Å². The van der Waals surface area contributed by atoms with Crippen molar-refractivity contribution in [1.29, 1.82) is 0 Å². The number of allylic oxidation sites excluding steroid dienone is 1. The Kier molecular flexibility index (Phi) is 2.16. The highest BCUT2D eigenvalue weighted by atomic mass is 16.3. The van der Waals surface area contributed by atoms with Gasteiger partial charge < -0.3 is 10.2 Å². The van der Waals surface area contributed by atoms with Crippen LogP contribution in [-0.2, 0) is 0 Å². The molecule has 0 unspecified atom stereocenters. The largest absolute Gasteiger partial charge is 0.504 e. The lowest BCUT2D eigenvalue weighted by Crippen LogP contribution is -1.72. The molecule has 0 aliphatic heterocycles. The van der Waals surface area contributed by atoms with Crippen molar-refractivity contribution in [2.45, 2.75) is 0 Å². The van der Waals surface area contributed by atoms with Crippen LogP contribution >= 0.6 is 0 Å². The van der Waals surface area contributed by atoms with Crippen LogP contribution in [0.3, 0.4) is 0 Å². The Balaban J connectivity index is 3.05. The fourth-order valence-electron chi connectivity index (χ4n) is 0.780. The molecule has 2 heteroatoms. The molecule has 0 saturated heterocycles. The zero-order chi connectivity index (χ0) is 8.27. The van der Waals surface area contributed by atoms with Crippen molar-refractivity contribution in [2.75, 3.05) is 0 Å². The summed E-state index contributed by atoms with van der Waals surface area (Å²) in [5.41, 5.74) is 0.815. The molecule has 0 aliphatic rings. The van der Waals surface area contributed by atoms with E-state index in [1.165, 1.54) is 12.1 Å². The maximum Gasteiger partial charge on any atom is 0.157 e. The molecule has 0 aromatic heterocycles. The van der Waals surface area contributed by atoms with E-state index in [2.05, 4.69) is 6.92 Å². The van der Waals surface area contributed by atoms with Gasteiger partial charge in [0, 0.05) is 0 Å². The number of aromatic hydroxyl groups is 2. The van der Waals surface area contributed by atoms with E-state index in [1.54, 1.807) is 18.2 Å². The Morgan fingerprint density at radius 2 is 1.91 bits per heavy atom. The molecule has 0 atom stereocenters. The topological polar surface area (TPSA) is 40.5 Å². The van der Waals surface area contributed by atoms with Crippen molar-refractivity contribution >= 4 is 6.08 Å². The molecule has 0 fully saturated rings. The van der Waals surface area contributed by atoms with Crippen LogP contribution < -0.4 is 0 Å². The number of rotatable bonds is 1. The van der Waals surface area contributed by atoms with Crippen LogP contribution in [-0.4, -0.2) is 10.2 Å². The van der Waals surface area contributed by atoms with Gasteiger partial charge in [0.2, 0.25) is 0 Å². The summed E-state index contributed by atoms with van der Waals surface area (Å²) in [6, 6.07) is 4.60. The Morgan fingerprint density at radius 1 is 1.18 bits per heavy atom. The van der Waals surface area contributed by atoms with Gasteiger partial charge in [0.05, 0.1) is 0 Å². The lowest BCUT2D eigenvalue weighted by molar-refractivity contribution is 0.403. The average Bonchev–Trinajstić information content (AvgIpc) is 1.98. The number of phenols is 2. The Bertz CT molecular complexity index is 277. The summed E-state index contributed by atoms with van der Waals surface area (Å²) < 4.78 is 0. The van der Waals surface area contributed by atoms with Crippen molar-refractivity contribution in [3.05, 3.63) is 36.8 Å². The van der Waals surface area contributed by atoms with Gasteiger partial charge >= 0.3 is 0 Å². The lowest BCUT2D eigenvalue weighted by atomic mass is 10.2. The SMILES string of the molecule is [CH2]C=Cc1ccc(O)c(O)c1. The number of benzene rings is 1. The highest BCUT2D eigenvalue weighted by Crippen LogP contribution is 2.25. The van der Waals surface area contributed by atoms with E-state index in [0.717, 1.165) is 5.56 Å². The second-order valence-corrected chi connectivity index (χ2v) is 2.15. The van der Waals surface area contributed by atoms with Gasteiger partial charge in [-0.15, -0.1) is 0 Å². The highest BCUT2D eigenvalue weighted by Gasteiger charge is 1.96. The molecule has 1 radical (unpaired) electrons. The summed E-state index contributed by atoms with van der Waals surface area (Å²) in [5.74, 6) is -0.216. The molecule has 0 aliphatic carbocycles. The maximum absolute atomic E-state index is 9.02. The van der Waals surface area contributed by atoms with E-state index < -0.39 is 0 Å². The molecule has 0 bridgehead atoms. The fraction of sp³-hybridized carbons (Fsp3) is 0. The van der Waals surface area contributed by atoms with E-state index in [9.17, 15) is 0 Å². The standard InChI is InChI=1S/C9H9O2/c1-2-3-7-4-5-8(10)9(11)6-7/h2-6,10-11H,1H2. The van der Waals surface area contributed by atoms with Gasteiger partial charge in [0.1, 0.15) is 0 Å². The predicted octanol–water partition coefficient (Wildman–Crippen LogP) is 1.95. The van der Waals surface area contributed by atoms with E-state index in [0.29, 0.717) is 0 Å². The molecule has 1 rings (SSSR count). The minimum absolute atomic E-state index is 0.105. The van der Waals surface area contributed by atoms with E-state index >= 15 is 0 Å². The quantitative estimate of drug-likeness (QED) is 0.599. The maximum atomic E-state index is 9.02. The number of hydrogen-bond acceptors (Lipinski definition) is 2. The first-order valence-corrected chi connectivity index (χ1v) is 3.22. The molecule has 1 aromatic carbocycles. The van der Waals surface area contributed by atoms with Crippen LogP contribution in [0.1, 0.15) is 5.56 Å². The molecule has 0 amide bonds.